The normalized spacial score (nSPS) is 14.9. The van der Waals surface area contributed by atoms with Gasteiger partial charge in [0, 0.05) is 25.6 Å². The van der Waals surface area contributed by atoms with Crippen LogP contribution in [0.2, 0.25) is 0 Å². The van der Waals surface area contributed by atoms with Crippen molar-refractivity contribution in [2.75, 3.05) is 18.4 Å². The van der Waals surface area contributed by atoms with E-state index in [0.29, 0.717) is 18.5 Å². The SMILES string of the molecule is O=C(CCNc1ccccc1[N+](=O)[O-])NCC1(C(=O)O)CC1. The minimum Gasteiger partial charge on any atom is -0.481 e. The van der Waals surface area contributed by atoms with Gasteiger partial charge in [0.1, 0.15) is 5.69 Å². The van der Waals surface area contributed by atoms with Gasteiger partial charge in [0.15, 0.2) is 0 Å². The number of rotatable bonds is 8. The molecule has 0 radical (unpaired) electrons. The molecule has 1 aliphatic carbocycles. The van der Waals surface area contributed by atoms with Crippen LogP contribution in [0, 0.1) is 15.5 Å². The van der Waals surface area contributed by atoms with Gasteiger partial charge in [0.05, 0.1) is 10.3 Å². The maximum Gasteiger partial charge on any atom is 0.311 e. The quantitative estimate of drug-likeness (QED) is 0.492. The van der Waals surface area contributed by atoms with Crippen LogP contribution in [0.15, 0.2) is 24.3 Å². The van der Waals surface area contributed by atoms with Gasteiger partial charge in [-0.3, -0.25) is 19.7 Å². The second-order valence-corrected chi connectivity index (χ2v) is 5.31. The number of nitro groups is 1. The minimum atomic E-state index is -0.883. The molecule has 0 aliphatic heterocycles. The molecule has 1 aromatic carbocycles. The standard InChI is InChI=1S/C14H17N3O5/c18-12(16-9-14(6-7-14)13(19)20)5-8-15-10-3-1-2-4-11(10)17(21)22/h1-4,15H,5-9H2,(H,16,18)(H,19,20). The molecule has 1 aromatic rings. The summed E-state index contributed by atoms with van der Waals surface area (Å²) in [5.41, 5.74) is -0.489. The van der Waals surface area contributed by atoms with Gasteiger partial charge in [0.25, 0.3) is 5.69 Å². The fourth-order valence-electron chi connectivity index (χ4n) is 2.07. The van der Waals surface area contributed by atoms with Gasteiger partial charge in [0.2, 0.25) is 5.91 Å². The van der Waals surface area contributed by atoms with Crippen LogP contribution >= 0.6 is 0 Å². The zero-order chi connectivity index (χ0) is 16.2. The number of amides is 1. The van der Waals surface area contributed by atoms with Crippen LogP contribution in [0.4, 0.5) is 11.4 Å². The zero-order valence-electron chi connectivity index (χ0n) is 11.9. The van der Waals surface area contributed by atoms with E-state index in [1.165, 1.54) is 6.07 Å². The smallest absolute Gasteiger partial charge is 0.311 e. The van der Waals surface area contributed by atoms with E-state index in [-0.39, 0.29) is 31.1 Å². The van der Waals surface area contributed by atoms with Crippen LogP contribution in [-0.4, -0.2) is 35.0 Å². The number of nitrogens with one attached hydrogen (secondary N) is 2. The Balaban J connectivity index is 1.76. The molecule has 0 atom stereocenters. The number of nitrogens with zero attached hydrogens (tertiary/aromatic N) is 1. The molecule has 0 bridgehead atoms. The summed E-state index contributed by atoms with van der Waals surface area (Å²) in [6.45, 7) is 0.364. The molecule has 118 valence electrons. The molecule has 22 heavy (non-hydrogen) atoms. The van der Waals surface area contributed by atoms with Crippen LogP contribution in [0.3, 0.4) is 0 Å². The van der Waals surface area contributed by atoms with Gasteiger partial charge in [-0.1, -0.05) is 12.1 Å². The fraction of sp³-hybridized carbons (Fsp3) is 0.429. The highest BCUT2D eigenvalue weighted by atomic mass is 16.6. The summed E-state index contributed by atoms with van der Waals surface area (Å²) in [5, 5.41) is 25.3. The Kier molecular flexibility index (Phi) is 4.59. The van der Waals surface area contributed by atoms with Crippen molar-refractivity contribution in [3.05, 3.63) is 34.4 Å². The second kappa shape index (κ2) is 6.42. The number of aliphatic carboxylic acids is 1. The highest BCUT2D eigenvalue weighted by Crippen LogP contribution is 2.45. The molecule has 1 amide bonds. The largest absolute Gasteiger partial charge is 0.481 e. The van der Waals surface area contributed by atoms with Crippen molar-refractivity contribution in [2.45, 2.75) is 19.3 Å². The third kappa shape index (κ3) is 3.72. The third-order valence-corrected chi connectivity index (χ3v) is 3.70. The number of carboxylic acid groups (broad SMARTS) is 1. The summed E-state index contributed by atoms with van der Waals surface area (Å²) in [6, 6.07) is 6.18. The lowest BCUT2D eigenvalue weighted by atomic mass is 10.1. The van der Waals surface area contributed by atoms with Crippen molar-refractivity contribution in [2.24, 2.45) is 5.41 Å². The van der Waals surface area contributed by atoms with E-state index < -0.39 is 16.3 Å². The molecule has 1 aliphatic rings. The van der Waals surface area contributed by atoms with Crippen LogP contribution in [0.25, 0.3) is 0 Å². The number of carbonyl (C=O) groups is 2. The number of para-hydroxylation sites is 2. The first-order valence-corrected chi connectivity index (χ1v) is 6.92. The highest BCUT2D eigenvalue weighted by Gasteiger charge is 2.50. The average molecular weight is 307 g/mol. The first kappa shape index (κ1) is 15.7. The van der Waals surface area contributed by atoms with E-state index in [1.54, 1.807) is 18.2 Å². The van der Waals surface area contributed by atoms with Crippen molar-refractivity contribution in [1.82, 2.24) is 5.32 Å². The Hall–Kier alpha value is -2.64. The van der Waals surface area contributed by atoms with E-state index in [1.807, 2.05) is 0 Å². The lowest BCUT2D eigenvalue weighted by molar-refractivity contribution is -0.384. The molecular weight excluding hydrogens is 290 g/mol. The lowest BCUT2D eigenvalue weighted by Gasteiger charge is -2.11. The average Bonchev–Trinajstić information content (AvgIpc) is 3.27. The van der Waals surface area contributed by atoms with E-state index >= 15 is 0 Å². The molecule has 1 fully saturated rings. The number of anilines is 1. The molecule has 8 nitrogen and oxygen atoms in total. The number of carboxylic acids is 1. The Morgan fingerprint density at radius 1 is 1.32 bits per heavy atom. The van der Waals surface area contributed by atoms with Crippen LogP contribution in [0.1, 0.15) is 19.3 Å². The molecule has 0 saturated heterocycles. The molecule has 0 aromatic heterocycles. The van der Waals surface area contributed by atoms with Crippen LogP contribution < -0.4 is 10.6 Å². The van der Waals surface area contributed by atoms with E-state index in [4.69, 9.17) is 5.11 Å². The van der Waals surface area contributed by atoms with Gasteiger partial charge in [-0.25, -0.2) is 0 Å². The summed E-state index contributed by atoms with van der Waals surface area (Å²) in [5.74, 6) is -1.16. The number of nitro benzene ring substituents is 1. The molecule has 1 saturated carbocycles. The molecule has 0 spiro atoms. The summed E-state index contributed by atoms with van der Waals surface area (Å²) in [7, 11) is 0. The summed E-state index contributed by atoms with van der Waals surface area (Å²) in [4.78, 5) is 33.0. The van der Waals surface area contributed by atoms with Crippen molar-refractivity contribution in [1.29, 1.82) is 0 Å². The predicted molar refractivity (Wildman–Crippen MR) is 78.5 cm³/mol. The van der Waals surface area contributed by atoms with Crippen molar-refractivity contribution >= 4 is 23.3 Å². The van der Waals surface area contributed by atoms with E-state index in [9.17, 15) is 19.7 Å². The van der Waals surface area contributed by atoms with Crippen LogP contribution in [-0.2, 0) is 9.59 Å². The Morgan fingerprint density at radius 2 is 2.00 bits per heavy atom. The fourth-order valence-corrected chi connectivity index (χ4v) is 2.07. The zero-order valence-corrected chi connectivity index (χ0v) is 11.9. The Bertz CT molecular complexity index is 598. The van der Waals surface area contributed by atoms with Crippen LogP contribution in [0.5, 0.6) is 0 Å². The first-order valence-electron chi connectivity index (χ1n) is 6.92. The number of hydrogen-bond donors (Lipinski definition) is 3. The Morgan fingerprint density at radius 3 is 2.59 bits per heavy atom. The second-order valence-electron chi connectivity index (χ2n) is 5.31. The van der Waals surface area contributed by atoms with Crippen molar-refractivity contribution in [3.63, 3.8) is 0 Å². The van der Waals surface area contributed by atoms with Gasteiger partial charge < -0.3 is 15.7 Å². The molecule has 0 heterocycles. The lowest BCUT2D eigenvalue weighted by Crippen LogP contribution is -2.34. The van der Waals surface area contributed by atoms with Gasteiger partial charge in [-0.15, -0.1) is 0 Å². The van der Waals surface area contributed by atoms with E-state index in [2.05, 4.69) is 10.6 Å². The molecule has 8 heteroatoms. The molecule has 0 unspecified atom stereocenters. The maximum atomic E-state index is 11.7. The van der Waals surface area contributed by atoms with E-state index in [0.717, 1.165) is 0 Å². The van der Waals surface area contributed by atoms with Gasteiger partial charge in [-0.2, -0.15) is 0 Å². The number of carbonyl (C=O) groups excluding carboxylic acids is 1. The van der Waals surface area contributed by atoms with Crippen molar-refractivity contribution in [3.8, 4) is 0 Å². The Labute approximate surface area is 126 Å². The molecule has 2 rings (SSSR count). The predicted octanol–water partition coefficient (Wildman–Crippen LogP) is 1.38. The third-order valence-electron chi connectivity index (χ3n) is 3.70. The van der Waals surface area contributed by atoms with Crippen molar-refractivity contribution < 1.29 is 19.6 Å². The summed E-state index contributed by atoms with van der Waals surface area (Å²) in [6.07, 6.45) is 1.27. The highest BCUT2D eigenvalue weighted by molar-refractivity contribution is 5.81. The van der Waals surface area contributed by atoms with Gasteiger partial charge >= 0.3 is 5.97 Å². The molecule has 3 N–H and O–H groups in total. The minimum absolute atomic E-state index is 0.0503. The number of hydrogen-bond acceptors (Lipinski definition) is 5. The summed E-state index contributed by atoms with van der Waals surface area (Å²) >= 11 is 0. The maximum absolute atomic E-state index is 11.7. The summed E-state index contributed by atoms with van der Waals surface area (Å²) < 4.78 is 0. The molecular formula is C14H17N3O5. The topological polar surface area (TPSA) is 122 Å². The first-order chi connectivity index (χ1) is 10.4. The van der Waals surface area contributed by atoms with Gasteiger partial charge in [-0.05, 0) is 18.9 Å². The monoisotopic (exact) mass is 307 g/mol. The number of benzene rings is 1.